The van der Waals surface area contributed by atoms with E-state index in [1.165, 1.54) is 6.08 Å². The number of hydrogen-bond acceptors (Lipinski definition) is 3. The molecule has 0 heterocycles. The van der Waals surface area contributed by atoms with Crippen molar-refractivity contribution in [1.82, 2.24) is 0 Å². The summed E-state index contributed by atoms with van der Waals surface area (Å²) in [5.74, 6) is -0.298. The van der Waals surface area contributed by atoms with Crippen molar-refractivity contribution in [3.63, 3.8) is 0 Å². The Labute approximate surface area is 109 Å². The molecule has 0 amide bonds. The van der Waals surface area contributed by atoms with Gasteiger partial charge in [-0.05, 0) is 12.5 Å². The summed E-state index contributed by atoms with van der Waals surface area (Å²) in [6.45, 7) is 7.55. The standard InChI is InChI=1S/C15H22O3/c1-4-14(16)11(2)15(17)12(3)18-10-13-8-6-5-7-9-13/h4-9,11-12,14-17H,1,10H2,2-3H3/t11-,12-,14+,15-/m0/s1. The zero-order chi connectivity index (χ0) is 13.5. The molecule has 0 fully saturated rings. The Balaban J connectivity index is 2.45. The third-order valence-electron chi connectivity index (χ3n) is 3.16. The van der Waals surface area contributed by atoms with E-state index in [2.05, 4.69) is 6.58 Å². The van der Waals surface area contributed by atoms with E-state index in [9.17, 15) is 10.2 Å². The lowest BCUT2D eigenvalue weighted by atomic mass is 9.95. The monoisotopic (exact) mass is 250 g/mol. The summed E-state index contributed by atoms with van der Waals surface area (Å²) >= 11 is 0. The lowest BCUT2D eigenvalue weighted by Gasteiger charge is -2.27. The lowest BCUT2D eigenvalue weighted by molar-refractivity contribution is -0.0738. The first-order chi connectivity index (χ1) is 8.56. The number of rotatable bonds is 7. The number of aliphatic hydroxyl groups is 2. The van der Waals surface area contributed by atoms with E-state index in [0.29, 0.717) is 6.61 Å². The Kier molecular flexibility index (Phi) is 6.05. The molecule has 0 radical (unpaired) electrons. The van der Waals surface area contributed by atoms with Crippen molar-refractivity contribution < 1.29 is 14.9 Å². The molecular weight excluding hydrogens is 228 g/mol. The summed E-state index contributed by atoms with van der Waals surface area (Å²) in [4.78, 5) is 0. The van der Waals surface area contributed by atoms with Crippen molar-refractivity contribution in [3.8, 4) is 0 Å². The number of benzene rings is 1. The first-order valence-electron chi connectivity index (χ1n) is 6.20. The van der Waals surface area contributed by atoms with Crippen molar-refractivity contribution in [2.75, 3.05) is 0 Å². The van der Waals surface area contributed by atoms with E-state index in [4.69, 9.17) is 4.74 Å². The minimum absolute atomic E-state index is 0.298. The highest BCUT2D eigenvalue weighted by atomic mass is 16.5. The van der Waals surface area contributed by atoms with Crippen LogP contribution < -0.4 is 0 Å². The highest BCUT2D eigenvalue weighted by Crippen LogP contribution is 2.16. The van der Waals surface area contributed by atoms with Crippen LogP contribution in [0.5, 0.6) is 0 Å². The van der Waals surface area contributed by atoms with Gasteiger partial charge in [0.25, 0.3) is 0 Å². The minimum Gasteiger partial charge on any atom is -0.390 e. The van der Waals surface area contributed by atoms with Crippen LogP contribution in [0.4, 0.5) is 0 Å². The van der Waals surface area contributed by atoms with E-state index in [1.54, 1.807) is 13.8 Å². The number of aliphatic hydroxyl groups excluding tert-OH is 2. The fraction of sp³-hybridized carbons (Fsp3) is 0.467. The molecule has 0 aromatic heterocycles. The predicted octanol–water partition coefficient (Wildman–Crippen LogP) is 2.14. The molecule has 0 unspecified atom stereocenters. The second-order valence-electron chi connectivity index (χ2n) is 4.58. The molecule has 1 aromatic carbocycles. The van der Waals surface area contributed by atoms with Crippen LogP contribution in [-0.4, -0.2) is 28.5 Å². The summed E-state index contributed by atoms with van der Waals surface area (Å²) in [6, 6.07) is 9.79. The van der Waals surface area contributed by atoms with Gasteiger partial charge >= 0.3 is 0 Å². The van der Waals surface area contributed by atoms with Crippen LogP contribution in [0.1, 0.15) is 19.4 Å². The van der Waals surface area contributed by atoms with Crippen LogP contribution in [-0.2, 0) is 11.3 Å². The average Bonchev–Trinajstić information content (AvgIpc) is 2.43. The number of ether oxygens (including phenoxy) is 1. The SMILES string of the molecule is C=C[C@@H](O)[C@H](C)[C@H](O)[C@H](C)OCc1ccccc1. The quantitative estimate of drug-likeness (QED) is 0.729. The number of hydrogen-bond donors (Lipinski definition) is 2. The molecule has 0 aliphatic heterocycles. The van der Waals surface area contributed by atoms with Crippen LogP contribution in [0.3, 0.4) is 0 Å². The summed E-state index contributed by atoms with van der Waals surface area (Å²) in [5, 5.41) is 19.6. The highest BCUT2D eigenvalue weighted by molar-refractivity contribution is 5.13. The Morgan fingerprint density at radius 3 is 2.39 bits per heavy atom. The Morgan fingerprint density at radius 1 is 1.22 bits per heavy atom. The van der Waals surface area contributed by atoms with E-state index < -0.39 is 12.2 Å². The van der Waals surface area contributed by atoms with Crippen molar-refractivity contribution in [2.24, 2.45) is 5.92 Å². The summed E-state index contributed by atoms with van der Waals surface area (Å²) in [6.07, 6.45) is -0.350. The highest BCUT2D eigenvalue weighted by Gasteiger charge is 2.25. The Bertz CT molecular complexity index is 350. The van der Waals surface area contributed by atoms with Gasteiger partial charge in [-0.1, -0.05) is 43.3 Å². The molecule has 2 N–H and O–H groups in total. The maximum atomic E-state index is 10.0. The minimum atomic E-state index is -0.721. The zero-order valence-corrected chi connectivity index (χ0v) is 11.0. The first kappa shape index (κ1) is 14.9. The van der Waals surface area contributed by atoms with Crippen LogP contribution in [0.2, 0.25) is 0 Å². The fourth-order valence-corrected chi connectivity index (χ4v) is 1.74. The second kappa shape index (κ2) is 7.31. The summed E-state index contributed by atoms with van der Waals surface area (Å²) in [5.41, 5.74) is 1.06. The second-order valence-corrected chi connectivity index (χ2v) is 4.58. The van der Waals surface area contributed by atoms with Gasteiger partial charge < -0.3 is 14.9 Å². The van der Waals surface area contributed by atoms with Crippen molar-refractivity contribution in [1.29, 1.82) is 0 Å². The molecule has 0 aliphatic carbocycles. The van der Waals surface area contributed by atoms with Crippen LogP contribution in [0, 0.1) is 5.92 Å². The van der Waals surface area contributed by atoms with Gasteiger partial charge in [0, 0.05) is 5.92 Å². The van der Waals surface area contributed by atoms with Gasteiger partial charge in [0.2, 0.25) is 0 Å². The molecule has 3 heteroatoms. The molecule has 0 saturated carbocycles. The molecule has 0 saturated heterocycles. The molecule has 0 spiro atoms. The van der Waals surface area contributed by atoms with E-state index >= 15 is 0 Å². The van der Waals surface area contributed by atoms with Gasteiger partial charge in [0.15, 0.2) is 0 Å². The predicted molar refractivity (Wildman–Crippen MR) is 72.1 cm³/mol. The van der Waals surface area contributed by atoms with Gasteiger partial charge in [-0.15, -0.1) is 6.58 Å². The lowest BCUT2D eigenvalue weighted by Crippen LogP contribution is -2.37. The van der Waals surface area contributed by atoms with Gasteiger partial charge in [0.05, 0.1) is 24.9 Å². The van der Waals surface area contributed by atoms with Crippen molar-refractivity contribution in [2.45, 2.75) is 38.8 Å². The van der Waals surface area contributed by atoms with E-state index in [1.807, 2.05) is 30.3 Å². The third-order valence-corrected chi connectivity index (χ3v) is 3.16. The molecule has 100 valence electrons. The fourth-order valence-electron chi connectivity index (χ4n) is 1.74. The molecule has 1 aromatic rings. The molecule has 18 heavy (non-hydrogen) atoms. The normalized spacial score (nSPS) is 17.8. The van der Waals surface area contributed by atoms with Crippen LogP contribution in [0.25, 0.3) is 0 Å². The van der Waals surface area contributed by atoms with Gasteiger partial charge in [-0.25, -0.2) is 0 Å². The smallest absolute Gasteiger partial charge is 0.0852 e. The average molecular weight is 250 g/mol. The van der Waals surface area contributed by atoms with Crippen LogP contribution >= 0.6 is 0 Å². The Morgan fingerprint density at radius 2 is 1.83 bits per heavy atom. The molecular formula is C15H22O3. The van der Waals surface area contributed by atoms with Crippen molar-refractivity contribution in [3.05, 3.63) is 48.6 Å². The van der Waals surface area contributed by atoms with Gasteiger partial charge in [0.1, 0.15) is 0 Å². The van der Waals surface area contributed by atoms with Crippen LogP contribution in [0.15, 0.2) is 43.0 Å². The molecule has 1 rings (SSSR count). The van der Waals surface area contributed by atoms with E-state index in [0.717, 1.165) is 5.56 Å². The largest absolute Gasteiger partial charge is 0.390 e. The Hall–Kier alpha value is -1.16. The van der Waals surface area contributed by atoms with E-state index in [-0.39, 0.29) is 12.0 Å². The molecule has 0 aliphatic rings. The molecule has 3 nitrogen and oxygen atoms in total. The first-order valence-corrected chi connectivity index (χ1v) is 6.20. The summed E-state index contributed by atoms with van der Waals surface area (Å²) < 4.78 is 5.61. The van der Waals surface area contributed by atoms with Gasteiger partial charge in [-0.3, -0.25) is 0 Å². The maximum Gasteiger partial charge on any atom is 0.0852 e. The maximum absolute atomic E-state index is 10.0. The third kappa shape index (κ3) is 4.26. The molecule has 4 atom stereocenters. The molecule has 0 bridgehead atoms. The zero-order valence-electron chi connectivity index (χ0n) is 11.0. The summed E-state index contributed by atoms with van der Waals surface area (Å²) in [7, 11) is 0. The van der Waals surface area contributed by atoms with Crippen molar-refractivity contribution >= 4 is 0 Å². The topological polar surface area (TPSA) is 49.7 Å². The van der Waals surface area contributed by atoms with Gasteiger partial charge in [-0.2, -0.15) is 0 Å².